The minimum Gasteiger partial charge on any atom is -0.463 e. The number of aromatic nitrogens is 1. The molecule has 19 heavy (non-hydrogen) atoms. The first-order valence-corrected chi connectivity index (χ1v) is 6.02. The first-order valence-electron chi connectivity index (χ1n) is 6.02. The predicted molar refractivity (Wildman–Crippen MR) is 72.1 cm³/mol. The molecule has 4 heteroatoms. The second kappa shape index (κ2) is 5.61. The Kier molecular flexibility index (Phi) is 3.90. The second-order valence-electron chi connectivity index (χ2n) is 4.11. The van der Waals surface area contributed by atoms with Gasteiger partial charge in [-0.2, -0.15) is 0 Å². The Morgan fingerprint density at radius 3 is 2.95 bits per heavy atom. The molecular formula is C15H14FNO2. The van der Waals surface area contributed by atoms with E-state index in [1.54, 1.807) is 25.1 Å². The molecule has 0 aliphatic heterocycles. The van der Waals surface area contributed by atoms with Gasteiger partial charge in [0.25, 0.3) is 0 Å². The number of hydrogen-bond acceptors (Lipinski definition) is 3. The summed E-state index contributed by atoms with van der Waals surface area (Å²) in [6.07, 6.45) is 2.93. The van der Waals surface area contributed by atoms with Gasteiger partial charge >= 0.3 is 5.97 Å². The van der Waals surface area contributed by atoms with E-state index in [4.69, 9.17) is 4.74 Å². The number of halogens is 1. The van der Waals surface area contributed by atoms with Crippen molar-refractivity contribution in [3.05, 3.63) is 47.4 Å². The molecule has 0 bridgehead atoms. The lowest BCUT2D eigenvalue weighted by Gasteiger charge is -2.03. The zero-order chi connectivity index (χ0) is 13.8. The van der Waals surface area contributed by atoms with Crippen molar-refractivity contribution >= 4 is 22.9 Å². The van der Waals surface area contributed by atoms with E-state index in [1.165, 1.54) is 18.2 Å². The Bertz CT molecular complexity index is 650. The van der Waals surface area contributed by atoms with Crippen molar-refractivity contribution in [1.29, 1.82) is 0 Å². The zero-order valence-corrected chi connectivity index (χ0v) is 10.8. The number of esters is 1. The summed E-state index contributed by atoms with van der Waals surface area (Å²) in [5, 5.41) is 0.772. The molecule has 1 aromatic heterocycles. The highest BCUT2D eigenvalue weighted by Gasteiger charge is 2.03. The van der Waals surface area contributed by atoms with E-state index in [9.17, 15) is 9.18 Å². The van der Waals surface area contributed by atoms with E-state index in [2.05, 4.69) is 4.98 Å². The first-order chi connectivity index (χ1) is 9.10. The van der Waals surface area contributed by atoms with E-state index in [0.717, 1.165) is 10.9 Å². The van der Waals surface area contributed by atoms with E-state index < -0.39 is 5.97 Å². The standard InChI is InChI=1S/C15H14FNO2/c1-3-19-15(18)7-5-12-8-10(2)13-9-11(16)4-6-14(13)17-12/h4-9H,3H2,1-2H3/b7-5+. The molecule has 1 aromatic carbocycles. The number of carbonyl (C=O) groups is 1. The van der Waals surface area contributed by atoms with Crippen LogP contribution in [0.1, 0.15) is 18.2 Å². The molecule has 0 spiro atoms. The third-order valence-electron chi connectivity index (χ3n) is 2.67. The topological polar surface area (TPSA) is 39.2 Å². The smallest absolute Gasteiger partial charge is 0.330 e. The summed E-state index contributed by atoms with van der Waals surface area (Å²) in [5.74, 6) is -0.687. The van der Waals surface area contributed by atoms with Crippen LogP contribution in [0, 0.1) is 12.7 Å². The first kappa shape index (κ1) is 13.2. The fraction of sp³-hybridized carbons (Fsp3) is 0.200. The molecule has 1 heterocycles. The normalized spacial score (nSPS) is 11.1. The maximum Gasteiger partial charge on any atom is 0.330 e. The van der Waals surface area contributed by atoms with Gasteiger partial charge in [-0.15, -0.1) is 0 Å². The Hall–Kier alpha value is -2.23. The maximum absolute atomic E-state index is 13.2. The van der Waals surface area contributed by atoms with Gasteiger partial charge in [0.05, 0.1) is 17.8 Å². The van der Waals surface area contributed by atoms with Crippen molar-refractivity contribution in [1.82, 2.24) is 4.98 Å². The van der Waals surface area contributed by atoms with Crippen LogP contribution in [0.3, 0.4) is 0 Å². The second-order valence-corrected chi connectivity index (χ2v) is 4.11. The molecule has 0 amide bonds. The molecule has 0 fully saturated rings. The summed E-state index contributed by atoms with van der Waals surface area (Å²) < 4.78 is 17.9. The van der Waals surface area contributed by atoms with Crippen molar-refractivity contribution in [3.8, 4) is 0 Å². The maximum atomic E-state index is 13.2. The van der Waals surface area contributed by atoms with Gasteiger partial charge in [-0.1, -0.05) is 0 Å². The van der Waals surface area contributed by atoms with Gasteiger partial charge in [0.2, 0.25) is 0 Å². The largest absolute Gasteiger partial charge is 0.463 e. The quantitative estimate of drug-likeness (QED) is 0.627. The van der Waals surface area contributed by atoms with E-state index in [-0.39, 0.29) is 5.82 Å². The molecular weight excluding hydrogens is 245 g/mol. The molecule has 98 valence electrons. The van der Waals surface area contributed by atoms with Crippen molar-refractivity contribution in [3.63, 3.8) is 0 Å². The van der Waals surface area contributed by atoms with E-state index >= 15 is 0 Å². The molecule has 0 radical (unpaired) electrons. The Morgan fingerprint density at radius 2 is 2.21 bits per heavy atom. The third kappa shape index (κ3) is 3.16. The van der Waals surface area contributed by atoms with Crippen LogP contribution in [0.5, 0.6) is 0 Å². The molecule has 0 N–H and O–H groups in total. The van der Waals surface area contributed by atoms with Gasteiger partial charge in [0.1, 0.15) is 5.82 Å². The Labute approximate surface area is 110 Å². The third-order valence-corrected chi connectivity index (χ3v) is 2.67. The molecule has 0 saturated carbocycles. The predicted octanol–water partition coefficient (Wildman–Crippen LogP) is 3.26. The Balaban J connectivity index is 2.36. The van der Waals surface area contributed by atoms with Crippen molar-refractivity contribution in [2.45, 2.75) is 13.8 Å². The zero-order valence-electron chi connectivity index (χ0n) is 10.8. The fourth-order valence-electron chi connectivity index (χ4n) is 1.82. The van der Waals surface area contributed by atoms with Crippen LogP contribution in [0.2, 0.25) is 0 Å². The number of pyridine rings is 1. The number of rotatable bonds is 3. The van der Waals surface area contributed by atoms with Crippen LogP contribution in [0.4, 0.5) is 4.39 Å². The molecule has 2 aromatic rings. The molecule has 3 nitrogen and oxygen atoms in total. The lowest BCUT2D eigenvalue weighted by Crippen LogP contribution is -1.99. The molecule has 0 aliphatic rings. The fourth-order valence-corrected chi connectivity index (χ4v) is 1.82. The lowest BCUT2D eigenvalue weighted by atomic mass is 10.1. The van der Waals surface area contributed by atoms with Gasteiger partial charge in [-0.05, 0) is 49.8 Å². The van der Waals surface area contributed by atoms with Crippen LogP contribution in [-0.4, -0.2) is 17.6 Å². The molecule has 0 aliphatic carbocycles. The number of hydrogen-bond donors (Lipinski definition) is 0. The number of aryl methyl sites for hydroxylation is 1. The summed E-state index contributed by atoms with van der Waals surface area (Å²) in [4.78, 5) is 15.6. The average molecular weight is 259 g/mol. The van der Waals surface area contributed by atoms with Gasteiger partial charge in [-0.25, -0.2) is 14.2 Å². The summed E-state index contributed by atoms with van der Waals surface area (Å²) in [6, 6.07) is 6.25. The van der Waals surface area contributed by atoms with E-state index in [1.807, 2.05) is 6.92 Å². The average Bonchev–Trinajstić information content (AvgIpc) is 2.38. The SMILES string of the molecule is CCOC(=O)/C=C/c1cc(C)c2cc(F)ccc2n1. The Morgan fingerprint density at radius 1 is 1.42 bits per heavy atom. The summed E-state index contributed by atoms with van der Waals surface area (Å²) >= 11 is 0. The van der Waals surface area contributed by atoms with Crippen LogP contribution in [-0.2, 0) is 9.53 Å². The highest BCUT2D eigenvalue weighted by Crippen LogP contribution is 2.19. The summed E-state index contributed by atoms with van der Waals surface area (Å²) in [7, 11) is 0. The lowest BCUT2D eigenvalue weighted by molar-refractivity contribution is -0.137. The minimum atomic E-state index is -0.402. The van der Waals surface area contributed by atoms with Gasteiger partial charge < -0.3 is 4.74 Å². The summed E-state index contributed by atoms with van der Waals surface area (Å²) in [6.45, 7) is 3.97. The number of ether oxygens (including phenoxy) is 1. The van der Waals surface area contributed by atoms with Crippen LogP contribution < -0.4 is 0 Å². The number of fused-ring (bicyclic) bond motifs is 1. The van der Waals surface area contributed by atoms with Crippen molar-refractivity contribution < 1.29 is 13.9 Å². The molecule has 2 rings (SSSR count). The molecule has 0 saturated heterocycles. The highest BCUT2D eigenvalue weighted by molar-refractivity contribution is 5.88. The van der Waals surface area contributed by atoms with Crippen molar-refractivity contribution in [2.24, 2.45) is 0 Å². The number of carbonyl (C=O) groups excluding carboxylic acids is 1. The minimum absolute atomic E-state index is 0.285. The van der Waals surface area contributed by atoms with Gasteiger partial charge in [-0.3, -0.25) is 0 Å². The van der Waals surface area contributed by atoms with Crippen molar-refractivity contribution in [2.75, 3.05) is 6.61 Å². The van der Waals surface area contributed by atoms with Gasteiger partial charge in [0.15, 0.2) is 0 Å². The number of nitrogens with zero attached hydrogens (tertiary/aromatic N) is 1. The molecule has 0 unspecified atom stereocenters. The van der Waals surface area contributed by atoms with Crippen LogP contribution >= 0.6 is 0 Å². The highest BCUT2D eigenvalue weighted by atomic mass is 19.1. The molecule has 0 atom stereocenters. The van der Waals surface area contributed by atoms with Crippen LogP contribution in [0.15, 0.2) is 30.3 Å². The van der Waals surface area contributed by atoms with Crippen LogP contribution in [0.25, 0.3) is 17.0 Å². The summed E-state index contributed by atoms with van der Waals surface area (Å²) in [5.41, 5.74) is 2.25. The monoisotopic (exact) mass is 259 g/mol. The van der Waals surface area contributed by atoms with Gasteiger partial charge in [0, 0.05) is 11.5 Å². The number of benzene rings is 1. The van der Waals surface area contributed by atoms with E-state index in [0.29, 0.717) is 17.8 Å².